The number of aliphatic hydroxyl groups is 2. The Kier molecular flexibility index (Phi) is 6.32. The zero-order valence-electron chi connectivity index (χ0n) is 10.7. The van der Waals surface area contributed by atoms with Crippen molar-refractivity contribution in [1.29, 1.82) is 0 Å². The van der Waals surface area contributed by atoms with Crippen molar-refractivity contribution in [2.75, 3.05) is 19.6 Å². The maximum Gasteiger partial charge on any atom is 0.0691 e. The fraction of sp³-hybridized carbons (Fsp3) is 1.00. The van der Waals surface area contributed by atoms with Crippen LogP contribution >= 0.6 is 0 Å². The Morgan fingerprint density at radius 1 is 1.25 bits per heavy atom. The minimum Gasteiger partial charge on any atom is -0.393 e. The van der Waals surface area contributed by atoms with E-state index in [9.17, 15) is 10.2 Å². The number of β-amino-alcohol motifs (C(OH)–C–C–N with tert-alkyl or cyclic N) is 1. The zero-order chi connectivity index (χ0) is 12.0. The molecular weight excluding hydrogens is 202 g/mol. The van der Waals surface area contributed by atoms with E-state index < -0.39 is 6.10 Å². The standard InChI is InChI=1S/C13H27NO2/c1-3-4-12-5-7-14(8-6-12)10-13(16)9-11(2)15/h11-13,15-16H,3-10H2,1-2H3. The molecule has 2 unspecified atom stereocenters. The van der Waals surface area contributed by atoms with Crippen molar-refractivity contribution in [1.82, 2.24) is 4.90 Å². The molecule has 1 saturated heterocycles. The SMILES string of the molecule is CCCC1CCN(CC(O)CC(C)O)CC1. The largest absolute Gasteiger partial charge is 0.393 e. The van der Waals surface area contributed by atoms with Crippen molar-refractivity contribution in [3.63, 3.8) is 0 Å². The Bertz CT molecular complexity index is 177. The van der Waals surface area contributed by atoms with Gasteiger partial charge in [0.2, 0.25) is 0 Å². The molecule has 0 saturated carbocycles. The third kappa shape index (κ3) is 5.28. The molecule has 0 radical (unpaired) electrons. The average Bonchev–Trinajstić information content (AvgIpc) is 2.20. The Hall–Kier alpha value is -0.120. The molecular formula is C13H27NO2. The summed E-state index contributed by atoms with van der Waals surface area (Å²) in [4.78, 5) is 2.33. The number of rotatable bonds is 6. The van der Waals surface area contributed by atoms with E-state index in [0.29, 0.717) is 6.42 Å². The molecule has 1 rings (SSSR count). The van der Waals surface area contributed by atoms with E-state index in [2.05, 4.69) is 11.8 Å². The first-order valence-corrected chi connectivity index (χ1v) is 6.70. The van der Waals surface area contributed by atoms with Crippen molar-refractivity contribution in [2.45, 2.75) is 58.2 Å². The molecule has 1 aliphatic heterocycles. The number of piperidine rings is 1. The highest BCUT2D eigenvalue weighted by Crippen LogP contribution is 2.21. The molecule has 1 fully saturated rings. The van der Waals surface area contributed by atoms with Crippen molar-refractivity contribution in [3.8, 4) is 0 Å². The first-order valence-electron chi connectivity index (χ1n) is 6.70. The highest BCUT2D eigenvalue weighted by Gasteiger charge is 2.20. The zero-order valence-corrected chi connectivity index (χ0v) is 10.7. The van der Waals surface area contributed by atoms with E-state index in [1.807, 2.05) is 0 Å². The molecule has 16 heavy (non-hydrogen) atoms. The highest BCUT2D eigenvalue weighted by molar-refractivity contribution is 4.74. The summed E-state index contributed by atoms with van der Waals surface area (Å²) in [6, 6.07) is 0. The van der Waals surface area contributed by atoms with Gasteiger partial charge >= 0.3 is 0 Å². The molecule has 3 heteroatoms. The lowest BCUT2D eigenvalue weighted by molar-refractivity contribution is 0.0493. The Labute approximate surface area is 99.5 Å². The quantitative estimate of drug-likeness (QED) is 0.727. The topological polar surface area (TPSA) is 43.7 Å². The lowest BCUT2D eigenvalue weighted by Gasteiger charge is -2.33. The van der Waals surface area contributed by atoms with E-state index in [1.54, 1.807) is 6.92 Å². The predicted molar refractivity (Wildman–Crippen MR) is 66.4 cm³/mol. The Balaban J connectivity index is 2.16. The number of hydrogen-bond acceptors (Lipinski definition) is 3. The van der Waals surface area contributed by atoms with Crippen LogP contribution in [0.5, 0.6) is 0 Å². The van der Waals surface area contributed by atoms with Crippen LogP contribution in [0.1, 0.15) is 46.0 Å². The second-order valence-electron chi connectivity index (χ2n) is 5.27. The maximum absolute atomic E-state index is 9.74. The summed E-state index contributed by atoms with van der Waals surface area (Å²) < 4.78 is 0. The van der Waals surface area contributed by atoms with Gasteiger partial charge in [0.25, 0.3) is 0 Å². The summed E-state index contributed by atoms with van der Waals surface area (Å²) in [6.45, 7) is 6.93. The molecule has 1 heterocycles. The average molecular weight is 229 g/mol. The molecule has 0 aliphatic carbocycles. The molecule has 0 amide bonds. The predicted octanol–water partition coefficient (Wildman–Crippen LogP) is 1.63. The first-order chi connectivity index (χ1) is 7.61. The monoisotopic (exact) mass is 229 g/mol. The molecule has 96 valence electrons. The highest BCUT2D eigenvalue weighted by atomic mass is 16.3. The smallest absolute Gasteiger partial charge is 0.0691 e. The summed E-state index contributed by atoms with van der Waals surface area (Å²) in [5.41, 5.74) is 0. The van der Waals surface area contributed by atoms with Crippen molar-refractivity contribution >= 4 is 0 Å². The van der Waals surface area contributed by atoms with Gasteiger partial charge in [-0.05, 0) is 38.8 Å². The Morgan fingerprint density at radius 2 is 1.88 bits per heavy atom. The minimum absolute atomic E-state index is 0.372. The van der Waals surface area contributed by atoms with Crippen LogP contribution in [-0.4, -0.2) is 47.0 Å². The summed E-state index contributed by atoms with van der Waals surface area (Å²) in [5.74, 6) is 0.898. The molecule has 2 atom stereocenters. The van der Waals surface area contributed by atoms with E-state index in [-0.39, 0.29) is 6.10 Å². The maximum atomic E-state index is 9.74. The summed E-state index contributed by atoms with van der Waals surface area (Å²) in [5, 5.41) is 18.9. The van der Waals surface area contributed by atoms with Crippen molar-refractivity contribution < 1.29 is 10.2 Å². The van der Waals surface area contributed by atoms with Crippen LogP contribution in [0, 0.1) is 5.92 Å². The third-order valence-electron chi connectivity index (χ3n) is 3.49. The second-order valence-corrected chi connectivity index (χ2v) is 5.27. The number of aliphatic hydroxyl groups excluding tert-OH is 2. The lowest BCUT2D eigenvalue weighted by Crippen LogP contribution is -2.39. The van der Waals surface area contributed by atoms with Gasteiger partial charge in [-0.15, -0.1) is 0 Å². The fourth-order valence-electron chi connectivity index (χ4n) is 2.63. The van der Waals surface area contributed by atoms with E-state index >= 15 is 0 Å². The van der Waals surface area contributed by atoms with Crippen LogP contribution in [0.15, 0.2) is 0 Å². The van der Waals surface area contributed by atoms with Gasteiger partial charge < -0.3 is 15.1 Å². The van der Waals surface area contributed by atoms with Crippen molar-refractivity contribution in [2.24, 2.45) is 5.92 Å². The van der Waals surface area contributed by atoms with Gasteiger partial charge in [-0.2, -0.15) is 0 Å². The van der Waals surface area contributed by atoms with Crippen LogP contribution in [0.2, 0.25) is 0 Å². The lowest BCUT2D eigenvalue weighted by atomic mass is 9.92. The summed E-state index contributed by atoms with van der Waals surface area (Å²) in [7, 11) is 0. The molecule has 0 aromatic rings. The van der Waals surface area contributed by atoms with E-state index in [1.165, 1.54) is 25.7 Å². The van der Waals surface area contributed by atoms with E-state index in [4.69, 9.17) is 0 Å². The molecule has 0 bridgehead atoms. The molecule has 0 aromatic heterocycles. The van der Waals surface area contributed by atoms with Gasteiger partial charge in [0, 0.05) is 13.0 Å². The van der Waals surface area contributed by atoms with Gasteiger partial charge in [0.1, 0.15) is 0 Å². The summed E-state index contributed by atoms with van der Waals surface area (Å²) >= 11 is 0. The molecule has 0 aromatic carbocycles. The number of nitrogens with zero attached hydrogens (tertiary/aromatic N) is 1. The van der Waals surface area contributed by atoms with Gasteiger partial charge in [-0.3, -0.25) is 0 Å². The van der Waals surface area contributed by atoms with Gasteiger partial charge in [0.05, 0.1) is 12.2 Å². The van der Waals surface area contributed by atoms with Crippen LogP contribution in [0.25, 0.3) is 0 Å². The van der Waals surface area contributed by atoms with Gasteiger partial charge in [-0.1, -0.05) is 19.8 Å². The third-order valence-corrected chi connectivity index (χ3v) is 3.49. The first kappa shape index (κ1) is 13.9. The number of likely N-dealkylation sites (tertiary alicyclic amines) is 1. The van der Waals surface area contributed by atoms with Gasteiger partial charge in [0.15, 0.2) is 0 Å². The normalized spacial score (nSPS) is 23.2. The molecule has 2 N–H and O–H groups in total. The van der Waals surface area contributed by atoms with Crippen LogP contribution < -0.4 is 0 Å². The molecule has 1 aliphatic rings. The van der Waals surface area contributed by atoms with E-state index in [0.717, 1.165) is 25.6 Å². The van der Waals surface area contributed by atoms with Crippen molar-refractivity contribution in [3.05, 3.63) is 0 Å². The van der Waals surface area contributed by atoms with Crippen LogP contribution in [0.4, 0.5) is 0 Å². The Morgan fingerprint density at radius 3 is 2.38 bits per heavy atom. The molecule has 3 nitrogen and oxygen atoms in total. The minimum atomic E-state index is -0.396. The fourth-order valence-corrected chi connectivity index (χ4v) is 2.63. The second kappa shape index (κ2) is 7.25. The van der Waals surface area contributed by atoms with Gasteiger partial charge in [-0.25, -0.2) is 0 Å². The van der Waals surface area contributed by atoms with Crippen LogP contribution in [-0.2, 0) is 0 Å². The number of hydrogen-bond donors (Lipinski definition) is 2. The molecule has 0 spiro atoms. The summed E-state index contributed by atoms with van der Waals surface area (Å²) in [6.07, 6.45) is 4.91. The van der Waals surface area contributed by atoms with Crippen LogP contribution in [0.3, 0.4) is 0 Å².